The summed E-state index contributed by atoms with van der Waals surface area (Å²) in [7, 11) is 0. The number of hydrogen-bond donors (Lipinski definition) is 3. The molecule has 37 heavy (non-hydrogen) atoms. The van der Waals surface area contributed by atoms with Crippen molar-refractivity contribution in [3.05, 3.63) is 83.0 Å². The number of carbonyl (C=O) groups excluding carboxylic acids is 2. The molecule has 0 spiro atoms. The summed E-state index contributed by atoms with van der Waals surface area (Å²) in [5, 5.41) is 5.29. The van der Waals surface area contributed by atoms with Crippen LogP contribution in [0.5, 0.6) is 5.75 Å². The van der Waals surface area contributed by atoms with Crippen LogP contribution >= 0.6 is 0 Å². The summed E-state index contributed by atoms with van der Waals surface area (Å²) in [4.78, 5) is 34.4. The van der Waals surface area contributed by atoms with Gasteiger partial charge in [0.05, 0.1) is 22.7 Å². The molecule has 0 saturated carbocycles. The van der Waals surface area contributed by atoms with Crippen LogP contribution in [-0.2, 0) is 0 Å². The molecule has 1 aromatic heterocycles. The van der Waals surface area contributed by atoms with E-state index in [0.717, 1.165) is 22.7 Å². The fraction of sp³-hybridized carbons (Fsp3) is 0.321. The fourth-order valence-electron chi connectivity index (χ4n) is 4.14. The number of carbonyl (C=O) groups is 2. The third-order valence-electron chi connectivity index (χ3n) is 6.18. The van der Waals surface area contributed by atoms with E-state index in [1.54, 1.807) is 47.5 Å². The molecule has 1 atom stereocenters. The van der Waals surface area contributed by atoms with Crippen LogP contribution in [0, 0.1) is 0 Å². The maximum atomic E-state index is 14.0. The lowest BCUT2D eigenvalue weighted by Gasteiger charge is -2.18. The number of allylic oxidation sites excluding steroid dienone is 5. The molecule has 1 aromatic carbocycles. The number of alkyl halides is 1. The smallest absolute Gasteiger partial charge is 0.323 e. The maximum Gasteiger partial charge on any atom is 0.323 e. The van der Waals surface area contributed by atoms with Gasteiger partial charge >= 0.3 is 6.03 Å². The van der Waals surface area contributed by atoms with Crippen molar-refractivity contribution in [3.63, 3.8) is 0 Å². The number of amides is 3. The van der Waals surface area contributed by atoms with Gasteiger partial charge in [-0.25, -0.2) is 9.18 Å². The molecule has 8 nitrogen and oxygen atoms in total. The summed E-state index contributed by atoms with van der Waals surface area (Å²) in [6, 6.07) is 8.26. The zero-order valence-electron chi connectivity index (χ0n) is 21.3. The van der Waals surface area contributed by atoms with Gasteiger partial charge in [-0.05, 0) is 57.2 Å². The third kappa shape index (κ3) is 6.55. The molecule has 1 aliphatic carbocycles. The number of rotatable bonds is 8. The SMILES string of the molecule is CCN(CC)C(=O)c1c[nH]c(C2=NCCC(Oc3ccc(NC(=O)NC4=CC(C)=CCC4F)cc3)=C2)c1. The maximum absolute atomic E-state index is 14.0. The summed E-state index contributed by atoms with van der Waals surface area (Å²) in [6.07, 6.45) is 6.69. The largest absolute Gasteiger partial charge is 0.462 e. The van der Waals surface area contributed by atoms with Crippen LogP contribution in [-0.4, -0.2) is 53.3 Å². The number of nitrogens with zero attached hydrogens (tertiary/aromatic N) is 2. The zero-order valence-corrected chi connectivity index (χ0v) is 21.3. The number of H-pyrrole nitrogens is 1. The van der Waals surface area contributed by atoms with E-state index in [1.807, 2.05) is 32.9 Å². The van der Waals surface area contributed by atoms with Gasteiger partial charge in [-0.1, -0.05) is 11.6 Å². The molecular weight excluding hydrogens is 473 g/mol. The van der Waals surface area contributed by atoms with Crippen LogP contribution in [0.3, 0.4) is 0 Å². The van der Waals surface area contributed by atoms with E-state index in [2.05, 4.69) is 20.6 Å². The minimum absolute atomic E-state index is 0.0151. The van der Waals surface area contributed by atoms with Crippen LogP contribution in [0.2, 0.25) is 0 Å². The van der Waals surface area contributed by atoms with Crippen LogP contribution < -0.4 is 15.4 Å². The minimum Gasteiger partial charge on any atom is -0.462 e. The van der Waals surface area contributed by atoms with E-state index in [-0.39, 0.29) is 18.0 Å². The molecule has 0 saturated heterocycles. The second-order valence-electron chi connectivity index (χ2n) is 8.86. The second-order valence-corrected chi connectivity index (χ2v) is 8.86. The van der Waals surface area contributed by atoms with Crippen molar-refractivity contribution in [1.29, 1.82) is 0 Å². The Balaban J connectivity index is 1.35. The van der Waals surface area contributed by atoms with Gasteiger partial charge in [-0.2, -0.15) is 0 Å². The van der Waals surface area contributed by atoms with Crippen molar-refractivity contribution in [2.24, 2.45) is 4.99 Å². The van der Waals surface area contributed by atoms with E-state index < -0.39 is 12.2 Å². The van der Waals surface area contributed by atoms with Crippen molar-refractivity contribution in [1.82, 2.24) is 15.2 Å². The van der Waals surface area contributed by atoms with Gasteiger partial charge in [0.1, 0.15) is 17.7 Å². The lowest BCUT2D eigenvalue weighted by atomic mass is 10.0. The highest BCUT2D eigenvalue weighted by molar-refractivity contribution is 6.09. The Morgan fingerprint density at radius 3 is 2.65 bits per heavy atom. The number of aromatic amines is 1. The quantitative estimate of drug-likeness (QED) is 0.451. The first-order valence-corrected chi connectivity index (χ1v) is 12.5. The molecular formula is C28H32FN5O3. The average Bonchev–Trinajstić information content (AvgIpc) is 3.39. The Morgan fingerprint density at radius 1 is 1.16 bits per heavy atom. The lowest BCUT2D eigenvalue weighted by molar-refractivity contribution is 0.0773. The normalized spacial score (nSPS) is 17.1. The van der Waals surface area contributed by atoms with Gasteiger partial charge in [-0.15, -0.1) is 0 Å². The van der Waals surface area contributed by atoms with E-state index in [0.29, 0.717) is 43.1 Å². The number of anilines is 1. The highest BCUT2D eigenvalue weighted by Crippen LogP contribution is 2.23. The predicted octanol–water partition coefficient (Wildman–Crippen LogP) is 5.35. The van der Waals surface area contributed by atoms with Gasteiger partial charge in [0.25, 0.3) is 5.91 Å². The Labute approximate surface area is 216 Å². The molecule has 2 heterocycles. The number of dihydropyridines is 1. The predicted molar refractivity (Wildman–Crippen MR) is 143 cm³/mol. The van der Waals surface area contributed by atoms with Crippen molar-refractivity contribution < 1.29 is 18.7 Å². The number of aliphatic imine (C=N–C) groups is 1. The number of benzene rings is 1. The summed E-state index contributed by atoms with van der Waals surface area (Å²) < 4.78 is 20.1. The molecule has 2 aliphatic rings. The number of ether oxygens (including phenoxy) is 1. The summed E-state index contributed by atoms with van der Waals surface area (Å²) >= 11 is 0. The first-order valence-electron chi connectivity index (χ1n) is 12.5. The Kier molecular flexibility index (Phi) is 8.22. The highest BCUT2D eigenvalue weighted by atomic mass is 19.1. The summed E-state index contributed by atoms with van der Waals surface area (Å²) in [6.45, 7) is 7.66. The monoisotopic (exact) mass is 505 g/mol. The zero-order chi connectivity index (χ0) is 26.4. The number of halogens is 1. The fourth-order valence-corrected chi connectivity index (χ4v) is 4.14. The van der Waals surface area contributed by atoms with E-state index in [9.17, 15) is 14.0 Å². The van der Waals surface area contributed by atoms with Crippen molar-refractivity contribution in [2.45, 2.75) is 39.8 Å². The van der Waals surface area contributed by atoms with Gasteiger partial charge in [0, 0.05) is 50.4 Å². The standard InChI is InChI=1S/C28H32FN5O3/c1-4-34(5-2)27(35)19-15-25(31-17-19)26-16-22(12-13-30-26)37-21-9-7-20(8-10-21)32-28(36)33-24-14-18(3)6-11-23(24)29/h6-10,14-17,23,31H,4-5,11-13H2,1-3H3,(H2,32,33,36). The van der Waals surface area contributed by atoms with Gasteiger partial charge in [0.15, 0.2) is 0 Å². The number of urea groups is 1. The van der Waals surface area contributed by atoms with Crippen molar-refractivity contribution >= 4 is 23.3 Å². The molecule has 9 heteroatoms. The lowest BCUT2D eigenvalue weighted by Crippen LogP contribution is -2.32. The number of nitrogens with one attached hydrogen (secondary N) is 3. The topological polar surface area (TPSA) is 98.8 Å². The molecule has 2 aromatic rings. The number of aromatic nitrogens is 1. The summed E-state index contributed by atoms with van der Waals surface area (Å²) in [5.74, 6) is 1.34. The molecule has 1 aliphatic heterocycles. The van der Waals surface area contributed by atoms with Crippen LogP contribution in [0.25, 0.3) is 0 Å². The van der Waals surface area contributed by atoms with E-state index >= 15 is 0 Å². The summed E-state index contributed by atoms with van der Waals surface area (Å²) in [5.41, 5.74) is 3.81. The van der Waals surface area contributed by atoms with Crippen molar-refractivity contribution in [3.8, 4) is 5.75 Å². The third-order valence-corrected chi connectivity index (χ3v) is 6.18. The first-order chi connectivity index (χ1) is 17.9. The number of hydrogen-bond acceptors (Lipinski definition) is 4. The highest BCUT2D eigenvalue weighted by Gasteiger charge is 2.19. The first kappa shape index (κ1) is 25.9. The molecule has 0 fully saturated rings. The average molecular weight is 506 g/mol. The van der Waals surface area contributed by atoms with Gasteiger partial charge in [0.2, 0.25) is 0 Å². The van der Waals surface area contributed by atoms with E-state index in [4.69, 9.17) is 4.74 Å². The minimum atomic E-state index is -1.22. The molecule has 3 amide bonds. The van der Waals surface area contributed by atoms with Crippen molar-refractivity contribution in [2.75, 3.05) is 25.0 Å². The van der Waals surface area contributed by atoms with E-state index in [1.165, 1.54) is 0 Å². The Hall–Kier alpha value is -4.14. The van der Waals surface area contributed by atoms with Gasteiger partial charge < -0.3 is 25.3 Å². The van der Waals surface area contributed by atoms with Crippen LogP contribution in [0.1, 0.15) is 49.7 Å². The molecule has 4 rings (SSSR count). The Bertz CT molecular complexity index is 1270. The van der Waals surface area contributed by atoms with Gasteiger partial charge in [-0.3, -0.25) is 9.79 Å². The second kappa shape index (κ2) is 11.7. The molecule has 3 N–H and O–H groups in total. The van der Waals surface area contributed by atoms with Crippen LogP contribution in [0.4, 0.5) is 14.9 Å². The molecule has 0 bridgehead atoms. The van der Waals surface area contributed by atoms with Crippen LogP contribution in [0.15, 0.2) is 76.8 Å². The molecule has 0 radical (unpaired) electrons. The Morgan fingerprint density at radius 2 is 1.92 bits per heavy atom. The molecule has 194 valence electrons. The molecule has 1 unspecified atom stereocenters.